The molecule has 0 aliphatic carbocycles. The first-order chi connectivity index (χ1) is 7.81. The van der Waals surface area contributed by atoms with Crippen LogP contribution in [0.3, 0.4) is 0 Å². The number of rotatable bonds is 2. The van der Waals surface area contributed by atoms with E-state index >= 15 is 0 Å². The van der Waals surface area contributed by atoms with Crippen molar-refractivity contribution >= 4 is 11.0 Å². The summed E-state index contributed by atoms with van der Waals surface area (Å²) in [7, 11) is 0. The molecule has 16 heavy (non-hydrogen) atoms. The normalized spacial score (nSPS) is 20.7. The second-order valence-corrected chi connectivity index (χ2v) is 4.34. The Kier molecular flexibility index (Phi) is 2.36. The average molecular weight is 219 g/mol. The smallest absolute Gasteiger partial charge is 0.125 e. The fraction of sp³-hybridized carbons (Fsp3) is 0.417. The van der Waals surface area contributed by atoms with E-state index in [0.717, 1.165) is 29.8 Å². The van der Waals surface area contributed by atoms with Crippen LogP contribution < -0.4 is 5.32 Å². The van der Waals surface area contributed by atoms with Crippen molar-refractivity contribution in [3.8, 4) is 0 Å². The van der Waals surface area contributed by atoms with Crippen LogP contribution in [0.5, 0.6) is 0 Å². The van der Waals surface area contributed by atoms with E-state index in [0.29, 0.717) is 6.04 Å². The van der Waals surface area contributed by atoms with Crippen LogP contribution in [0.2, 0.25) is 0 Å². The van der Waals surface area contributed by atoms with Gasteiger partial charge in [-0.3, -0.25) is 0 Å². The summed E-state index contributed by atoms with van der Waals surface area (Å²) in [5.74, 6) is 0.724. The Labute approximate surface area is 93.1 Å². The summed E-state index contributed by atoms with van der Waals surface area (Å²) in [4.78, 5) is 7.63. The molecule has 0 amide bonds. The average Bonchev–Trinajstić information content (AvgIpc) is 2.86. The third-order valence-corrected chi connectivity index (χ3v) is 3.10. The van der Waals surface area contributed by atoms with Gasteiger partial charge in [0.25, 0.3) is 0 Å². The molecule has 1 unspecified atom stereocenters. The molecule has 3 nitrogen and oxygen atoms in total. The van der Waals surface area contributed by atoms with E-state index in [2.05, 4.69) is 15.3 Å². The van der Waals surface area contributed by atoms with Crippen LogP contribution >= 0.6 is 0 Å². The minimum atomic E-state index is -0.221. The number of halogens is 1. The van der Waals surface area contributed by atoms with E-state index in [1.807, 2.05) is 0 Å². The van der Waals surface area contributed by atoms with Crippen LogP contribution in [0.15, 0.2) is 18.2 Å². The van der Waals surface area contributed by atoms with Gasteiger partial charge >= 0.3 is 0 Å². The van der Waals surface area contributed by atoms with E-state index in [-0.39, 0.29) is 5.82 Å². The summed E-state index contributed by atoms with van der Waals surface area (Å²) < 4.78 is 13.0. The summed E-state index contributed by atoms with van der Waals surface area (Å²) >= 11 is 0. The fourth-order valence-electron chi connectivity index (χ4n) is 2.30. The fourth-order valence-corrected chi connectivity index (χ4v) is 2.30. The third kappa shape index (κ3) is 1.80. The number of fused-ring (bicyclic) bond motifs is 1. The molecule has 2 heterocycles. The number of nitrogens with zero attached hydrogens (tertiary/aromatic N) is 1. The summed E-state index contributed by atoms with van der Waals surface area (Å²) in [6, 6.07) is 5.17. The summed E-state index contributed by atoms with van der Waals surface area (Å²) in [6.45, 7) is 1.10. The molecule has 2 aromatic rings. The van der Waals surface area contributed by atoms with Gasteiger partial charge in [-0.2, -0.15) is 0 Å². The molecule has 0 saturated carbocycles. The number of hydrogen-bond acceptors (Lipinski definition) is 2. The van der Waals surface area contributed by atoms with Gasteiger partial charge in [-0.1, -0.05) is 0 Å². The molecule has 1 atom stereocenters. The molecule has 1 aromatic heterocycles. The predicted octanol–water partition coefficient (Wildman–Crippen LogP) is 2.00. The van der Waals surface area contributed by atoms with Crippen LogP contribution in [-0.4, -0.2) is 22.6 Å². The zero-order valence-electron chi connectivity index (χ0n) is 8.96. The zero-order chi connectivity index (χ0) is 11.0. The maximum Gasteiger partial charge on any atom is 0.125 e. The lowest BCUT2D eigenvalue weighted by molar-refractivity contribution is 0.589. The molecule has 1 aromatic carbocycles. The van der Waals surface area contributed by atoms with Gasteiger partial charge in [0.1, 0.15) is 11.6 Å². The highest BCUT2D eigenvalue weighted by Gasteiger charge is 2.16. The Bertz CT molecular complexity index is 500. The Hall–Kier alpha value is -1.42. The number of hydrogen-bond donors (Lipinski definition) is 2. The molecule has 1 fully saturated rings. The molecule has 4 heteroatoms. The first kappa shape index (κ1) is 9.78. The maximum absolute atomic E-state index is 13.0. The monoisotopic (exact) mass is 219 g/mol. The van der Waals surface area contributed by atoms with Gasteiger partial charge in [0.2, 0.25) is 0 Å². The molecule has 1 saturated heterocycles. The number of imidazole rings is 1. The SMILES string of the molecule is Fc1ccc2nc(CC3CCCN3)[nH]c2c1. The van der Waals surface area contributed by atoms with Crippen molar-refractivity contribution in [1.82, 2.24) is 15.3 Å². The largest absolute Gasteiger partial charge is 0.342 e. The van der Waals surface area contributed by atoms with E-state index in [9.17, 15) is 4.39 Å². The topological polar surface area (TPSA) is 40.7 Å². The molecule has 0 bridgehead atoms. The quantitative estimate of drug-likeness (QED) is 0.811. The minimum Gasteiger partial charge on any atom is -0.342 e. The second-order valence-electron chi connectivity index (χ2n) is 4.34. The molecule has 3 rings (SSSR count). The van der Waals surface area contributed by atoms with E-state index in [1.54, 1.807) is 6.07 Å². The number of benzene rings is 1. The van der Waals surface area contributed by atoms with Gasteiger partial charge in [-0.15, -0.1) is 0 Å². The van der Waals surface area contributed by atoms with Gasteiger partial charge in [-0.05, 0) is 37.6 Å². The second kappa shape index (κ2) is 3.87. The first-order valence-corrected chi connectivity index (χ1v) is 5.69. The van der Waals surface area contributed by atoms with E-state index in [4.69, 9.17) is 0 Å². The van der Waals surface area contributed by atoms with Crippen molar-refractivity contribution in [3.63, 3.8) is 0 Å². The van der Waals surface area contributed by atoms with Gasteiger partial charge < -0.3 is 10.3 Å². The molecule has 1 aliphatic rings. The summed E-state index contributed by atoms with van der Waals surface area (Å²) in [5.41, 5.74) is 1.63. The van der Waals surface area contributed by atoms with Crippen LogP contribution in [0.1, 0.15) is 18.7 Å². The van der Waals surface area contributed by atoms with Crippen molar-refractivity contribution in [2.24, 2.45) is 0 Å². The van der Waals surface area contributed by atoms with E-state index < -0.39 is 0 Å². The number of nitrogens with one attached hydrogen (secondary N) is 2. The van der Waals surface area contributed by atoms with Crippen LogP contribution in [0.25, 0.3) is 11.0 Å². The number of H-pyrrole nitrogens is 1. The van der Waals surface area contributed by atoms with Gasteiger partial charge in [-0.25, -0.2) is 9.37 Å². The van der Waals surface area contributed by atoms with E-state index in [1.165, 1.54) is 25.0 Å². The number of aromatic amines is 1. The molecule has 1 aliphatic heterocycles. The highest BCUT2D eigenvalue weighted by Crippen LogP contribution is 2.15. The highest BCUT2D eigenvalue weighted by molar-refractivity contribution is 5.74. The predicted molar refractivity (Wildman–Crippen MR) is 60.8 cm³/mol. The van der Waals surface area contributed by atoms with Crippen molar-refractivity contribution in [1.29, 1.82) is 0 Å². The lowest BCUT2D eigenvalue weighted by atomic mass is 10.1. The van der Waals surface area contributed by atoms with Crippen molar-refractivity contribution in [3.05, 3.63) is 29.8 Å². The van der Waals surface area contributed by atoms with Crippen molar-refractivity contribution in [2.45, 2.75) is 25.3 Å². The third-order valence-electron chi connectivity index (χ3n) is 3.10. The lowest BCUT2D eigenvalue weighted by Gasteiger charge is -2.06. The Morgan fingerprint density at radius 1 is 1.44 bits per heavy atom. The van der Waals surface area contributed by atoms with Crippen molar-refractivity contribution in [2.75, 3.05) is 6.54 Å². The molecule has 0 radical (unpaired) electrons. The van der Waals surface area contributed by atoms with Gasteiger partial charge in [0.05, 0.1) is 11.0 Å². The molecular weight excluding hydrogens is 205 g/mol. The molecular formula is C12H14FN3. The zero-order valence-corrected chi connectivity index (χ0v) is 8.96. The van der Waals surface area contributed by atoms with Crippen molar-refractivity contribution < 1.29 is 4.39 Å². The Morgan fingerprint density at radius 2 is 2.38 bits per heavy atom. The number of aromatic nitrogens is 2. The highest BCUT2D eigenvalue weighted by atomic mass is 19.1. The van der Waals surface area contributed by atoms with Crippen LogP contribution in [0, 0.1) is 5.82 Å². The van der Waals surface area contributed by atoms with Gasteiger partial charge in [0, 0.05) is 12.5 Å². The molecule has 84 valence electrons. The standard InChI is InChI=1S/C12H14FN3/c13-8-3-4-10-11(6-8)16-12(15-10)7-9-2-1-5-14-9/h3-4,6,9,14H,1-2,5,7H2,(H,15,16). The van der Waals surface area contributed by atoms with Crippen LogP contribution in [0.4, 0.5) is 4.39 Å². The van der Waals surface area contributed by atoms with Gasteiger partial charge in [0.15, 0.2) is 0 Å². The lowest BCUT2D eigenvalue weighted by Crippen LogP contribution is -2.24. The summed E-state index contributed by atoms with van der Waals surface area (Å²) in [6.07, 6.45) is 3.33. The minimum absolute atomic E-state index is 0.221. The first-order valence-electron chi connectivity index (χ1n) is 5.69. The Balaban J connectivity index is 1.86. The summed E-state index contributed by atoms with van der Waals surface area (Å²) in [5, 5.41) is 3.43. The van der Waals surface area contributed by atoms with Crippen LogP contribution in [-0.2, 0) is 6.42 Å². The maximum atomic E-state index is 13.0. The Morgan fingerprint density at radius 3 is 3.19 bits per heavy atom. The molecule has 0 spiro atoms. The molecule has 2 N–H and O–H groups in total.